The largest absolute Gasteiger partial charge is 0.294 e. The van der Waals surface area contributed by atoms with Gasteiger partial charge in [-0.25, -0.2) is 0 Å². The Labute approximate surface area is 130 Å². The Hall–Kier alpha value is -2.55. The Bertz CT molecular complexity index is 645. The van der Waals surface area contributed by atoms with Gasteiger partial charge >= 0.3 is 0 Å². The molecule has 0 bridgehead atoms. The third-order valence-electron chi connectivity index (χ3n) is 3.44. The number of unbranched alkanes of at least 4 members (excludes halogenated alkanes) is 1. The van der Waals surface area contributed by atoms with Gasteiger partial charge in [-0.1, -0.05) is 60.7 Å². The molecule has 2 aromatic carbocycles. The minimum atomic E-state index is -0.449. The van der Waals surface area contributed by atoms with Crippen molar-refractivity contribution in [2.45, 2.75) is 25.7 Å². The molecule has 0 aromatic heterocycles. The summed E-state index contributed by atoms with van der Waals surface area (Å²) in [6.45, 7) is 0. The molecule has 0 N–H and O–H groups in total. The molecule has 0 aliphatic heterocycles. The van der Waals surface area contributed by atoms with Gasteiger partial charge in [-0.15, -0.1) is 0 Å². The first kappa shape index (κ1) is 15.8. The van der Waals surface area contributed by atoms with Crippen LogP contribution in [0.1, 0.15) is 46.4 Å². The summed E-state index contributed by atoms with van der Waals surface area (Å²) < 4.78 is 0. The number of rotatable bonds is 8. The van der Waals surface area contributed by atoms with E-state index in [2.05, 4.69) is 0 Å². The van der Waals surface area contributed by atoms with E-state index >= 15 is 0 Å². The van der Waals surface area contributed by atoms with Gasteiger partial charge in [0, 0.05) is 24.0 Å². The average molecular weight is 294 g/mol. The Morgan fingerprint density at radius 3 is 1.73 bits per heavy atom. The molecule has 2 aromatic rings. The number of hydrogen-bond donors (Lipinski definition) is 0. The van der Waals surface area contributed by atoms with Crippen LogP contribution in [0.25, 0.3) is 0 Å². The van der Waals surface area contributed by atoms with Crippen molar-refractivity contribution in [1.82, 2.24) is 0 Å². The molecule has 0 aliphatic rings. The van der Waals surface area contributed by atoms with Crippen molar-refractivity contribution >= 4 is 17.3 Å². The van der Waals surface area contributed by atoms with Crippen LogP contribution >= 0.6 is 0 Å². The lowest BCUT2D eigenvalue weighted by molar-refractivity contribution is -0.115. The van der Waals surface area contributed by atoms with Gasteiger partial charge in [-0.05, 0) is 12.8 Å². The first-order valence-corrected chi connectivity index (χ1v) is 7.39. The molecule has 0 radical (unpaired) electrons. The third-order valence-corrected chi connectivity index (χ3v) is 3.44. The van der Waals surface area contributed by atoms with E-state index in [-0.39, 0.29) is 12.2 Å². The number of Topliss-reactive ketones (excluding diaryl/α,β-unsaturated/α-hetero) is 3. The van der Waals surface area contributed by atoms with Gasteiger partial charge in [-0.2, -0.15) is 0 Å². The molecule has 3 nitrogen and oxygen atoms in total. The van der Waals surface area contributed by atoms with Crippen LogP contribution in [0.3, 0.4) is 0 Å². The van der Waals surface area contributed by atoms with Gasteiger partial charge in [0.25, 0.3) is 0 Å². The van der Waals surface area contributed by atoms with Crippen LogP contribution in [0.2, 0.25) is 0 Å². The molecule has 0 spiro atoms. The molecular weight excluding hydrogens is 276 g/mol. The van der Waals surface area contributed by atoms with E-state index in [1.165, 1.54) is 0 Å². The zero-order valence-electron chi connectivity index (χ0n) is 12.3. The van der Waals surface area contributed by atoms with Gasteiger partial charge in [0.2, 0.25) is 11.6 Å². The van der Waals surface area contributed by atoms with Crippen molar-refractivity contribution in [1.29, 1.82) is 0 Å². The highest BCUT2D eigenvalue weighted by Gasteiger charge is 2.15. The van der Waals surface area contributed by atoms with E-state index in [1.54, 1.807) is 42.5 Å². The summed E-state index contributed by atoms with van der Waals surface area (Å²) in [6, 6.07) is 17.6. The van der Waals surface area contributed by atoms with Crippen molar-refractivity contribution in [2.75, 3.05) is 0 Å². The third kappa shape index (κ3) is 4.48. The van der Waals surface area contributed by atoms with Gasteiger partial charge in [-0.3, -0.25) is 14.4 Å². The first-order chi connectivity index (χ1) is 10.7. The second kappa shape index (κ2) is 8.03. The summed E-state index contributed by atoms with van der Waals surface area (Å²) in [5.41, 5.74) is 1.11. The van der Waals surface area contributed by atoms with Crippen LogP contribution in [0.4, 0.5) is 0 Å². The Morgan fingerprint density at radius 1 is 0.636 bits per heavy atom. The van der Waals surface area contributed by atoms with Crippen molar-refractivity contribution in [2.24, 2.45) is 0 Å². The predicted octanol–water partition coefficient (Wildman–Crippen LogP) is 3.88. The fourth-order valence-electron chi connectivity index (χ4n) is 2.20. The van der Waals surface area contributed by atoms with E-state index in [0.717, 1.165) is 0 Å². The average Bonchev–Trinajstić information content (AvgIpc) is 2.59. The minimum Gasteiger partial charge on any atom is -0.294 e. The second-order valence-electron chi connectivity index (χ2n) is 5.11. The molecule has 0 amide bonds. The maximum atomic E-state index is 11.9. The molecule has 22 heavy (non-hydrogen) atoms. The number of hydrogen-bond acceptors (Lipinski definition) is 3. The fourth-order valence-corrected chi connectivity index (χ4v) is 2.20. The molecule has 0 aliphatic carbocycles. The van der Waals surface area contributed by atoms with Gasteiger partial charge in [0.05, 0.1) is 0 Å². The molecular formula is C19H18O3. The standard InChI is InChI=1S/C19H18O3/c20-17(15-9-3-1-4-10-15)13-7-8-14-18(21)19(22)16-11-5-2-6-12-16/h1-6,9-12H,7-8,13-14H2. The van der Waals surface area contributed by atoms with E-state index in [1.807, 2.05) is 18.2 Å². The Balaban J connectivity index is 1.74. The molecule has 0 saturated carbocycles. The lowest BCUT2D eigenvalue weighted by atomic mass is 10.0. The van der Waals surface area contributed by atoms with E-state index in [4.69, 9.17) is 0 Å². The number of benzene rings is 2. The maximum Gasteiger partial charge on any atom is 0.228 e. The monoisotopic (exact) mass is 294 g/mol. The van der Waals surface area contributed by atoms with Crippen LogP contribution in [0.5, 0.6) is 0 Å². The van der Waals surface area contributed by atoms with Crippen LogP contribution in [-0.4, -0.2) is 17.3 Å². The van der Waals surface area contributed by atoms with Gasteiger partial charge < -0.3 is 0 Å². The highest BCUT2D eigenvalue weighted by Crippen LogP contribution is 2.10. The molecule has 0 heterocycles. The molecule has 0 atom stereocenters. The van der Waals surface area contributed by atoms with Crippen molar-refractivity contribution in [3.8, 4) is 0 Å². The summed E-state index contributed by atoms with van der Waals surface area (Å²) >= 11 is 0. The molecule has 112 valence electrons. The molecule has 2 rings (SSSR count). The lowest BCUT2D eigenvalue weighted by Crippen LogP contribution is -2.13. The number of carbonyl (C=O) groups excluding carboxylic acids is 3. The quantitative estimate of drug-likeness (QED) is 0.422. The van der Waals surface area contributed by atoms with Crippen molar-refractivity contribution in [3.05, 3.63) is 71.8 Å². The SMILES string of the molecule is O=C(CCCCC(=O)c1ccccc1)C(=O)c1ccccc1. The zero-order valence-corrected chi connectivity index (χ0v) is 12.3. The van der Waals surface area contributed by atoms with Gasteiger partial charge in [0.15, 0.2) is 5.78 Å². The lowest BCUT2D eigenvalue weighted by Gasteiger charge is -2.02. The topological polar surface area (TPSA) is 51.2 Å². The van der Waals surface area contributed by atoms with E-state index in [0.29, 0.717) is 30.4 Å². The predicted molar refractivity (Wildman–Crippen MR) is 85.0 cm³/mol. The fraction of sp³-hybridized carbons (Fsp3) is 0.211. The summed E-state index contributed by atoms with van der Waals surface area (Å²) in [5.74, 6) is -0.768. The number of carbonyl (C=O) groups is 3. The smallest absolute Gasteiger partial charge is 0.228 e. The summed E-state index contributed by atoms with van der Waals surface area (Å²) in [6.07, 6.45) is 1.75. The van der Waals surface area contributed by atoms with Crippen LogP contribution in [0, 0.1) is 0 Å². The summed E-state index contributed by atoms with van der Waals surface area (Å²) in [7, 11) is 0. The molecule has 0 fully saturated rings. The number of ketones is 3. The zero-order chi connectivity index (χ0) is 15.8. The normalized spacial score (nSPS) is 10.2. The molecule has 0 saturated heterocycles. The maximum absolute atomic E-state index is 11.9. The highest BCUT2D eigenvalue weighted by atomic mass is 16.2. The minimum absolute atomic E-state index is 0.0717. The first-order valence-electron chi connectivity index (χ1n) is 7.39. The Morgan fingerprint density at radius 2 is 1.14 bits per heavy atom. The van der Waals surface area contributed by atoms with Crippen LogP contribution in [-0.2, 0) is 4.79 Å². The molecule has 3 heteroatoms. The second-order valence-corrected chi connectivity index (χ2v) is 5.11. The van der Waals surface area contributed by atoms with E-state index < -0.39 is 11.6 Å². The van der Waals surface area contributed by atoms with Crippen LogP contribution in [0.15, 0.2) is 60.7 Å². The summed E-state index contributed by atoms with van der Waals surface area (Å²) in [4.78, 5) is 35.6. The highest BCUT2D eigenvalue weighted by molar-refractivity contribution is 6.43. The van der Waals surface area contributed by atoms with Gasteiger partial charge in [0.1, 0.15) is 0 Å². The van der Waals surface area contributed by atoms with Crippen LogP contribution < -0.4 is 0 Å². The molecule has 0 unspecified atom stereocenters. The van der Waals surface area contributed by atoms with Crippen molar-refractivity contribution < 1.29 is 14.4 Å². The Kier molecular flexibility index (Phi) is 5.78. The van der Waals surface area contributed by atoms with E-state index in [9.17, 15) is 14.4 Å². The van der Waals surface area contributed by atoms with Crippen molar-refractivity contribution in [3.63, 3.8) is 0 Å². The summed E-state index contributed by atoms with van der Waals surface area (Å²) in [5, 5.41) is 0.